The van der Waals surface area contributed by atoms with Gasteiger partial charge in [0.25, 0.3) is 0 Å². The molecule has 1 N–H and O–H groups in total. The number of hydrogen-bond acceptors (Lipinski definition) is 2. The lowest BCUT2D eigenvalue weighted by molar-refractivity contribution is 0.191. The Morgan fingerprint density at radius 2 is 1.89 bits per heavy atom. The Hall–Kier alpha value is -0.860. The second-order valence-corrected chi connectivity index (χ2v) is 5.20. The van der Waals surface area contributed by atoms with Gasteiger partial charge in [-0.3, -0.25) is 0 Å². The maximum Gasteiger partial charge on any atom is 0.0587 e. The van der Waals surface area contributed by atoms with Crippen LogP contribution in [0.1, 0.15) is 32.8 Å². The Morgan fingerprint density at radius 3 is 2.39 bits per heavy atom. The fourth-order valence-corrected chi connectivity index (χ4v) is 2.63. The highest BCUT2D eigenvalue weighted by Gasteiger charge is 2.33. The maximum atomic E-state index is 5.09. The van der Waals surface area contributed by atoms with Crippen molar-refractivity contribution >= 4 is 0 Å². The second kappa shape index (κ2) is 7.55. The van der Waals surface area contributed by atoms with Crippen molar-refractivity contribution in [3.63, 3.8) is 0 Å². The van der Waals surface area contributed by atoms with Crippen LogP contribution in [-0.4, -0.2) is 26.8 Å². The maximum absolute atomic E-state index is 5.09. The van der Waals surface area contributed by atoms with Crippen LogP contribution in [0.3, 0.4) is 0 Å². The van der Waals surface area contributed by atoms with E-state index in [1.807, 2.05) is 0 Å². The first kappa shape index (κ1) is 15.2. The van der Waals surface area contributed by atoms with Gasteiger partial charge in [-0.05, 0) is 17.9 Å². The van der Waals surface area contributed by atoms with Crippen LogP contribution in [0.15, 0.2) is 30.3 Å². The SMILES string of the molecule is CCC(CNCCOC)(c1ccccc1)C(C)C. The van der Waals surface area contributed by atoms with E-state index in [1.54, 1.807) is 7.11 Å². The number of hydrogen-bond donors (Lipinski definition) is 1. The molecule has 1 rings (SSSR count). The van der Waals surface area contributed by atoms with E-state index in [9.17, 15) is 0 Å². The average Bonchev–Trinajstić information content (AvgIpc) is 2.40. The van der Waals surface area contributed by atoms with Crippen LogP contribution in [0.25, 0.3) is 0 Å². The van der Waals surface area contributed by atoms with Crippen molar-refractivity contribution in [3.8, 4) is 0 Å². The highest BCUT2D eigenvalue weighted by atomic mass is 16.5. The molecule has 0 amide bonds. The van der Waals surface area contributed by atoms with Crippen LogP contribution in [0, 0.1) is 5.92 Å². The standard InChI is InChI=1S/C16H27NO/c1-5-16(14(2)3,13-17-11-12-18-4)15-9-7-6-8-10-15/h6-10,14,17H,5,11-13H2,1-4H3. The van der Waals surface area contributed by atoms with Crippen LogP contribution in [-0.2, 0) is 10.2 Å². The third-order valence-electron chi connectivity index (χ3n) is 4.01. The highest BCUT2D eigenvalue weighted by molar-refractivity contribution is 5.26. The normalized spacial score (nSPS) is 14.7. The molecule has 1 aromatic carbocycles. The molecule has 0 spiro atoms. The Labute approximate surface area is 112 Å². The molecule has 0 saturated carbocycles. The quantitative estimate of drug-likeness (QED) is 0.714. The molecule has 0 bridgehead atoms. The second-order valence-electron chi connectivity index (χ2n) is 5.20. The summed E-state index contributed by atoms with van der Waals surface area (Å²) in [7, 11) is 1.74. The molecular formula is C16H27NO. The zero-order valence-electron chi connectivity index (χ0n) is 12.2. The lowest BCUT2D eigenvalue weighted by Gasteiger charge is -2.38. The largest absolute Gasteiger partial charge is 0.383 e. The Morgan fingerprint density at radius 1 is 1.22 bits per heavy atom. The number of rotatable bonds is 8. The minimum Gasteiger partial charge on any atom is -0.383 e. The van der Waals surface area contributed by atoms with Gasteiger partial charge >= 0.3 is 0 Å². The van der Waals surface area contributed by atoms with Gasteiger partial charge < -0.3 is 10.1 Å². The Balaban J connectivity index is 2.82. The molecule has 102 valence electrons. The predicted molar refractivity (Wildman–Crippen MR) is 78.0 cm³/mol. The molecule has 0 fully saturated rings. The van der Waals surface area contributed by atoms with Crippen molar-refractivity contribution in [1.29, 1.82) is 0 Å². The van der Waals surface area contributed by atoms with E-state index in [0.29, 0.717) is 5.92 Å². The highest BCUT2D eigenvalue weighted by Crippen LogP contribution is 2.35. The van der Waals surface area contributed by atoms with Gasteiger partial charge in [-0.15, -0.1) is 0 Å². The van der Waals surface area contributed by atoms with Crippen molar-refractivity contribution in [2.75, 3.05) is 26.8 Å². The first-order chi connectivity index (χ1) is 8.67. The van der Waals surface area contributed by atoms with E-state index in [0.717, 1.165) is 26.1 Å². The number of nitrogens with one attached hydrogen (secondary N) is 1. The van der Waals surface area contributed by atoms with E-state index in [-0.39, 0.29) is 5.41 Å². The molecule has 0 saturated heterocycles. The van der Waals surface area contributed by atoms with Gasteiger partial charge in [0.1, 0.15) is 0 Å². The van der Waals surface area contributed by atoms with E-state index < -0.39 is 0 Å². The molecule has 1 unspecified atom stereocenters. The Kier molecular flexibility index (Phi) is 6.37. The van der Waals surface area contributed by atoms with Crippen molar-refractivity contribution < 1.29 is 4.74 Å². The minimum absolute atomic E-state index is 0.217. The summed E-state index contributed by atoms with van der Waals surface area (Å²) in [5, 5.41) is 3.53. The zero-order valence-corrected chi connectivity index (χ0v) is 12.2. The van der Waals surface area contributed by atoms with Crippen LogP contribution in [0.4, 0.5) is 0 Å². The molecule has 0 aliphatic carbocycles. The van der Waals surface area contributed by atoms with Crippen LogP contribution < -0.4 is 5.32 Å². The van der Waals surface area contributed by atoms with Gasteiger partial charge in [-0.25, -0.2) is 0 Å². The molecule has 18 heavy (non-hydrogen) atoms. The summed E-state index contributed by atoms with van der Waals surface area (Å²) in [4.78, 5) is 0. The Bertz CT molecular complexity index is 323. The number of ether oxygens (including phenoxy) is 1. The minimum atomic E-state index is 0.217. The molecule has 0 aliphatic rings. The fraction of sp³-hybridized carbons (Fsp3) is 0.625. The summed E-state index contributed by atoms with van der Waals surface area (Å²) in [6.45, 7) is 9.60. The third kappa shape index (κ3) is 3.56. The summed E-state index contributed by atoms with van der Waals surface area (Å²) in [5.41, 5.74) is 1.65. The molecule has 2 nitrogen and oxygen atoms in total. The van der Waals surface area contributed by atoms with Crippen LogP contribution in [0.2, 0.25) is 0 Å². The lowest BCUT2D eigenvalue weighted by atomic mass is 9.69. The van der Waals surface area contributed by atoms with Gasteiger partial charge in [-0.2, -0.15) is 0 Å². The summed E-state index contributed by atoms with van der Waals surface area (Å²) in [5.74, 6) is 0.611. The molecule has 2 heteroatoms. The van der Waals surface area contributed by atoms with Crippen molar-refractivity contribution in [2.24, 2.45) is 5.92 Å². The van der Waals surface area contributed by atoms with E-state index in [4.69, 9.17) is 4.74 Å². The van der Waals surface area contributed by atoms with Crippen molar-refractivity contribution in [1.82, 2.24) is 5.32 Å². The fourth-order valence-electron chi connectivity index (χ4n) is 2.63. The zero-order chi connectivity index (χ0) is 13.4. The number of benzene rings is 1. The monoisotopic (exact) mass is 249 g/mol. The van der Waals surface area contributed by atoms with Crippen molar-refractivity contribution in [3.05, 3.63) is 35.9 Å². The molecule has 0 heterocycles. The number of methoxy groups -OCH3 is 1. The molecule has 0 aromatic heterocycles. The van der Waals surface area contributed by atoms with Crippen LogP contribution >= 0.6 is 0 Å². The third-order valence-corrected chi connectivity index (χ3v) is 4.01. The summed E-state index contributed by atoms with van der Waals surface area (Å²) in [6.07, 6.45) is 1.15. The topological polar surface area (TPSA) is 21.3 Å². The van der Waals surface area contributed by atoms with Gasteiger partial charge in [0, 0.05) is 25.6 Å². The lowest BCUT2D eigenvalue weighted by Crippen LogP contribution is -2.43. The predicted octanol–water partition coefficient (Wildman–Crippen LogP) is 3.23. The summed E-state index contributed by atoms with van der Waals surface area (Å²) >= 11 is 0. The average molecular weight is 249 g/mol. The molecule has 1 aromatic rings. The molecule has 1 atom stereocenters. The first-order valence-electron chi connectivity index (χ1n) is 6.92. The van der Waals surface area contributed by atoms with Crippen molar-refractivity contribution in [2.45, 2.75) is 32.6 Å². The van der Waals surface area contributed by atoms with Crippen LogP contribution in [0.5, 0.6) is 0 Å². The van der Waals surface area contributed by atoms with E-state index >= 15 is 0 Å². The van der Waals surface area contributed by atoms with E-state index in [2.05, 4.69) is 56.4 Å². The molecule has 0 aliphatic heterocycles. The van der Waals surface area contributed by atoms with Gasteiger partial charge in [0.2, 0.25) is 0 Å². The smallest absolute Gasteiger partial charge is 0.0587 e. The summed E-state index contributed by atoms with van der Waals surface area (Å²) < 4.78 is 5.09. The summed E-state index contributed by atoms with van der Waals surface area (Å²) in [6, 6.07) is 10.9. The molecular weight excluding hydrogens is 222 g/mol. The molecule has 0 radical (unpaired) electrons. The van der Waals surface area contributed by atoms with Gasteiger partial charge in [-0.1, -0.05) is 51.1 Å². The first-order valence-corrected chi connectivity index (χ1v) is 6.92. The van der Waals surface area contributed by atoms with E-state index in [1.165, 1.54) is 5.56 Å². The van der Waals surface area contributed by atoms with Gasteiger partial charge in [0.05, 0.1) is 6.61 Å². The van der Waals surface area contributed by atoms with Gasteiger partial charge in [0.15, 0.2) is 0 Å².